The fraction of sp³-hybridized carbons (Fsp3) is 0.684. The highest BCUT2D eigenvalue weighted by Gasteiger charge is 2.22. The summed E-state index contributed by atoms with van der Waals surface area (Å²) in [4.78, 5) is 10.8. The minimum absolute atomic E-state index is 0.493. The first kappa shape index (κ1) is 17.9. The van der Waals surface area contributed by atoms with Gasteiger partial charge in [0, 0.05) is 5.56 Å². The lowest BCUT2D eigenvalue weighted by atomic mass is 9.84. The first-order valence-corrected chi connectivity index (χ1v) is 9.01. The topological polar surface area (TPSA) is 36.9 Å². The van der Waals surface area contributed by atoms with Gasteiger partial charge in [-0.1, -0.05) is 38.2 Å². The molecule has 0 spiro atoms. The predicted molar refractivity (Wildman–Crippen MR) is 91.3 cm³/mol. The monoisotopic (exact) mass is 322 g/mol. The second-order valence-electron chi connectivity index (χ2n) is 5.95. The molecule has 1 saturated carbocycles. The van der Waals surface area contributed by atoms with Crippen molar-refractivity contribution in [2.75, 3.05) is 19.8 Å². The smallest absolute Gasteiger partial charge is 0.214 e. The van der Waals surface area contributed by atoms with Gasteiger partial charge >= 0.3 is 0 Å². The number of ether oxygens (including phenoxy) is 2. The lowest BCUT2D eigenvalue weighted by molar-refractivity contribution is -0.203. The molecule has 0 bridgehead atoms. The molecule has 0 N–H and O–H groups in total. The molecule has 1 aromatic carbocycles. The van der Waals surface area contributed by atoms with Crippen LogP contribution in [0.2, 0.25) is 0 Å². The molecule has 1 aromatic rings. The fourth-order valence-corrected chi connectivity index (χ4v) is 3.21. The highest BCUT2D eigenvalue weighted by Crippen LogP contribution is 2.42. The van der Waals surface area contributed by atoms with Crippen LogP contribution in [-0.4, -0.2) is 19.8 Å². The molecule has 4 heteroatoms. The normalized spacial score (nSPS) is 15.4. The molecule has 0 radical (unpaired) electrons. The lowest BCUT2D eigenvalue weighted by Gasteiger charge is -2.23. The van der Waals surface area contributed by atoms with Crippen molar-refractivity contribution in [3.05, 3.63) is 17.7 Å². The van der Waals surface area contributed by atoms with Crippen molar-refractivity contribution in [2.24, 2.45) is 5.92 Å². The van der Waals surface area contributed by atoms with Crippen LogP contribution in [0, 0.1) is 5.92 Å². The maximum absolute atomic E-state index is 5.82. The predicted octanol–water partition coefficient (Wildman–Crippen LogP) is 4.94. The third-order valence-electron chi connectivity index (χ3n) is 4.24. The Morgan fingerprint density at radius 2 is 1.61 bits per heavy atom. The van der Waals surface area contributed by atoms with Gasteiger partial charge in [0.2, 0.25) is 11.5 Å². The van der Waals surface area contributed by atoms with Crippen LogP contribution in [0.15, 0.2) is 12.1 Å². The quantitative estimate of drug-likeness (QED) is 0.477. The molecule has 0 unspecified atom stereocenters. The zero-order valence-corrected chi connectivity index (χ0v) is 14.7. The van der Waals surface area contributed by atoms with E-state index in [4.69, 9.17) is 19.2 Å². The molecule has 1 aliphatic carbocycles. The average Bonchev–Trinajstić information content (AvgIpc) is 2.58. The van der Waals surface area contributed by atoms with Crippen molar-refractivity contribution in [1.29, 1.82) is 0 Å². The van der Waals surface area contributed by atoms with E-state index in [2.05, 4.69) is 6.07 Å². The van der Waals surface area contributed by atoms with Gasteiger partial charge in [-0.05, 0) is 39.2 Å². The zero-order chi connectivity index (χ0) is 16.5. The van der Waals surface area contributed by atoms with Crippen molar-refractivity contribution in [1.82, 2.24) is 0 Å². The van der Waals surface area contributed by atoms with E-state index < -0.39 is 0 Å². The van der Waals surface area contributed by atoms with Gasteiger partial charge in [-0.15, -0.1) is 0 Å². The Bertz CT molecular complexity index is 467. The Morgan fingerprint density at radius 1 is 0.870 bits per heavy atom. The molecule has 1 aliphatic rings. The van der Waals surface area contributed by atoms with Gasteiger partial charge in [-0.3, -0.25) is 0 Å². The van der Waals surface area contributed by atoms with Crippen LogP contribution >= 0.6 is 0 Å². The van der Waals surface area contributed by atoms with Gasteiger partial charge in [0.15, 0.2) is 5.75 Å². The van der Waals surface area contributed by atoms with Crippen LogP contribution in [0.5, 0.6) is 17.2 Å². The van der Waals surface area contributed by atoms with Crippen molar-refractivity contribution >= 4 is 0 Å². The molecule has 130 valence electrons. The van der Waals surface area contributed by atoms with Crippen molar-refractivity contribution < 1.29 is 19.2 Å². The van der Waals surface area contributed by atoms with E-state index in [9.17, 15) is 0 Å². The Hall–Kier alpha value is -1.42. The highest BCUT2D eigenvalue weighted by molar-refractivity contribution is 5.55. The first-order valence-electron chi connectivity index (χ1n) is 9.01. The second kappa shape index (κ2) is 9.66. The van der Waals surface area contributed by atoms with Gasteiger partial charge in [0.05, 0.1) is 19.8 Å². The largest absolute Gasteiger partial charge is 0.490 e. The van der Waals surface area contributed by atoms with Crippen molar-refractivity contribution in [3.63, 3.8) is 0 Å². The molecular weight excluding hydrogens is 292 g/mol. The van der Waals surface area contributed by atoms with Gasteiger partial charge < -0.3 is 14.4 Å². The summed E-state index contributed by atoms with van der Waals surface area (Å²) in [7, 11) is 0. The molecule has 2 rings (SSSR count). The van der Waals surface area contributed by atoms with Gasteiger partial charge in [-0.25, -0.2) is 0 Å². The zero-order valence-electron chi connectivity index (χ0n) is 14.7. The maximum Gasteiger partial charge on any atom is 0.214 e. The molecule has 0 saturated heterocycles. The standard InChI is InChI=1S/C19H30O4/c1-4-20-17-13-12-16(14-15-10-8-7-9-11-15)18(23-22-6-3)19(17)21-5-2/h12-13,15H,4-11,14H2,1-3H3. The summed E-state index contributed by atoms with van der Waals surface area (Å²) >= 11 is 0. The van der Waals surface area contributed by atoms with Crippen LogP contribution < -0.4 is 14.4 Å². The molecule has 0 heterocycles. The van der Waals surface area contributed by atoms with E-state index in [0.29, 0.717) is 31.3 Å². The molecule has 0 amide bonds. The van der Waals surface area contributed by atoms with E-state index in [1.54, 1.807) is 0 Å². The van der Waals surface area contributed by atoms with Crippen LogP contribution in [0.4, 0.5) is 0 Å². The van der Waals surface area contributed by atoms with Gasteiger partial charge in [0.1, 0.15) is 0 Å². The fourth-order valence-electron chi connectivity index (χ4n) is 3.21. The Kier molecular flexibility index (Phi) is 7.53. The van der Waals surface area contributed by atoms with Crippen molar-refractivity contribution in [2.45, 2.75) is 59.3 Å². The molecule has 0 aromatic heterocycles. The van der Waals surface area contributed by atoms with Crippen LogP contribution in [-0.2, 0) is 11.3 Å². The summed E-state index contributed by atoms with van der Waals surface area (Å²) in [6.07, 6.45) is 7.64. The molecule has 0 aliphatic heterocycles. The lowest BCUT2D eigenvalue weighted by Crippen LogP contribution is -2.12. The van der Waals surface area contributed by atoms with E-state index in [1.807, 2.05) is 26.8 Å². The van der Waals surface area contributed by atoms with E-state index in [-0.39, 0.29) is 0 Å². The van der Waals surface area contributed by atoms with E-state index >= 15 is 0 Å². The number of hydrogen-bond donors (Lipinski definition) is 0. The summed E-state index contributed by atoms with van der Waals surface area (Å²) in [5.41, 5.74) is 1.15. The maximum atomic E-state index is 5.82. The Labute approximate surface area is 140 Å². The minimum Gasteiger partial charge on any atom is -0.490 e. The molecule has 4 nitrogen and oxygen atoms in total. The van der Waals surface area contributed by atoms with Crippen LogP contribution in [0.1, 0.15) is 58.4 Å². The SMILES string of the molecule is CCOOc1c(CC2CCCCC2)ccc(OCC)c1OCC. The Balaban J connectivity index is 2.28. The molecular formula is C19H30O4. The highest BCUT2D eigenvalue weighted by atomic mass is 17.2. The van der Waals surface area contributed by atoms with Gasteiger partial charge in [-0.2, -0.15) is 4.89 Å². The number of benzene rings is 1. The summed E-state index contributed by atoms with van der Waals surface area (Å²) in [6, 6.07) is 4.09. The first-order chi connectivity index (χ1) is 11.3. The summed E-state index contributed by atoms with van der Waals surface area (Å²) < 4.78 is 11.5. The summed E-state index contributed by atoms with van der Waals surface area (Å²) in [5.74, 6) is 2.79. The summed E-state index contributed by atoms with van der Waals surface area (Å²) in [5, 5.41) is 0. The van der Waals surface area contributed by atoms with Crippen LogP contribution in [0.25, 0.3) is 0 Å². The average molecular weight is 322 g/mol. The number of rotatable bonds is 9. The minimum atomic E-state index is 0.493. The van der Waals surface area contributed by atoms with Crippen LogP contribution in [0.3, 0.4) is 0 Å². The molecule has 23 heavy (non-hydrogen) atoms. The van der Waals surface area contributed by atoms with E-state index in [1.165, 1.54) is 32.1 Å². The van der Waals surface area contributed by atoms with E-state index in [0.717, 1.165) is 23.7 Å². The van der Waals surface area contributed by atoms with Gasteiger partial charge in [0.25, 0.3) is 0 Å². The third-order valence-corrected chi connectivity index (χ3v) is 4.24. The number of hydrogen-bond acceptors (Lipinski definition) is 4. The molecule has 1 fully saturated rings. The summed E-state index contributed by atoms with van der Waals surface area (Å²) in [6.45, 7) is 7.50. The Morgan fingerprint density at radius 3 is 2.26 bits per heavy atom. The second-order valence-corrected chi connectivity index (χ2v) is 5.95. The molecule has 0 atom stereocenters. The third kappa shape index (κ3) is 5.03. The van der Waals surface area contributed by atoms with Crippen molar-refractivity contribution in [3.8, 4) is 17.2 Å².